The Balaban J connectivity index is 1.58. The number of rotatable bonds is 5. The molecular weight excluding hydrogens is 458 g/mol. The molecule has 5 rings (SSSR count). The van der Waals surface area contributed by atoms with Crippen LogP contribution in [0.5, 0.6) is 0 Å². The molecule has 4 aromatic rings. The minimum absolute atomic E-state index is 0.369. The van der Waals surface area contributed by atoms with E-state index < -0.39 is 5.60 Å². The van der Waals surface area contributed by atoms with Gasteiger partial charge in [-0.2, -0.15) is 0 Å². The zero-order valence-electron chi connectivity index (χ0n) is 22.4. The van der Waals surface area contributed by atoms with Crippen molar-refractivity contribution in [1.82, 2.24) is 14.7 Å². The van der Waals surface area contributed by atoms with Gasteiger partial charge in [-0.3, -0.25) is 4.40 Å². The van der Waals surface area contributed by atoms with Gasteiger partial charge >= 0.3 is 6.09 Å². The highest BCUT2D eigenvalue weighted by molar-refractivity contribution is 5.83. The largest absolute Gasteiger partial charge is 0.444 e. The number of alkyl carbamates (subject to hydrolysis) is 1. The number of hydrogen-bond donors (Lipinski definition) is 1. The molecule has 37 heavy (non-hydrogen) atoms. The first-order chi connectivity index (χ1) is 17.6. The topological polar surface area (TPSA) is 55.6 Å². The SMILES string of the molecule is C=Cc1cn2c(-c3ccccc3)c(-c3ccc(C4(NC(=O)OC(C)(C)C)CCC4)cc3)nc2c(C)c1C. The average molecular weight is 494 g/mol. The molecule has 5 nitrogen and oxygen atoms in total. The van der Waals surface area contributed by atoms with E-state index in [1.165, 1.54) is 5.56 Å². The molecule has 0 bridgehead atoms. The summed E-state index contributed by atoms with van der Waals surface area (Å²) in [6, 6.07) is 18.9. The number of carbonyl (C=O) groups excluding carboxylic acids is 1. The molecule has 1 fully saturated rings. The van der Waals surface area contributed by atoms with Crippen LogP contribution in [0.2, 0.25) is 0 Å². The summed E-state index contributed by atoms with van der Waals surface area (Å²) in [5.41, 5.74) is 8.70. The monoisotopic (exact) mass is 493 g/mol. The van der Waals surface area contributed by atoms with Gasteiger partial charge < -0.3 is 10.1 Å². The van der Waals surface area contributed by atoms with Gasteiger partial charge in [0.05, 0.1) is 16.9 Å². The number of ether oxygens (including phenoxy) is 1. The zero-order valence-corrected chi connectivity index (χ0v) is 22.4. The molecule has 0 atom stereocenters. The lowest BCUT2D eigenvalue weighted by Crippen LogP contribution is -2.52. The van der Waals surface area contributed by atoms with Gasteiger partial charge in [0.1, 0.15) is 11.2 Å². The summed E-state index contributed by atoms with van der Waals surface area (Å²) in [4.78, 5) is 17.7. The van der Waals surface area contributed by atoms with Crippen LogP contribution in [-0.2, 0) is 10.3 Å². The van der Waals surface area contributed by atoms with Gasteiger partial charge in [-0.1, -0.05) is 67.3 Å². The number of benzene rings is 2. The molecule has 0 aliphatic heterocycles. The molecule has 1 saturated carbocycles. The summed E-state index contributed by atoms with van der Waals surface area (Å²) in [5, 5.41) is 3.16. The van der Waals surface area contributed by atoms with E-state index in [4.69, 9.17) is 9.72 Å². The first kappa shape index (κ1) is 24.8. The highest BCUT2D eigenvalue weighted by Crippen LogP contribution is 2.43. The van der Waals surface area contributed by atoms with E-state index in [1.807, 2.05) is 32.9 Å². The fraction of sp³-hybridized carbons (Fsp3) is 0.312. The highest BCUT2D eigenvalue weighted by Gasteiger charge is 2.41. The van der Waals surface area contributed by atoms with Crippen LogP contribution < -0.4 is 5.32 Å². The molecule has 1 amide bonds. The third-order valence-electron chi connectivity index (χ3n) is 7.44. The van der Waals surface area contributed by atoms with Crippen molar-refractivity contribution in [2.75, 3.05) is 0 Å². The summed E-state index contributed by atoms with van der Waals surface area (Å²) < 4.78 is 7.74. The van der Waals surface area contributed by atoms with E-state index in [0.717, 1.165) is 64.1 Å². The van der Waals surface area contributed by atoms with Gasteiger partial charge in [0.2, 0.25) is 0 Å². The third kappa shape index (κ3) is 4.55. The number of aryl methyl sites for hydroxylation is 1. The standard InChI is InChI=1S/C32H35N3O2/c1-7-23-20-35-28(25-12-9-8-10-13-25)27(33-29(35)22(3)21(23)2)24-14-16-26(17-15-24)32(18-11-19-32)34-30(36)37-31(4,5)6/h7-10,12-17,20H,1,11,18-19H2,2-6H3,(H,34,36). The van der Waals surface area contributed by atoms with Crippen LogP contribution >= 0.6 is 0 Å². The van der Waals surface area contributed by atoms with E-state index in [1.54, 1.807) is 0 Å². The normalized spacial score (nSPS) is 14.7. The molecule has 5 heteroatoms. The van der Waals surface area contributed by atoms with E-state index in [9.17, 15) is 4.79 Å². The molecule has 1 aliphatic rings. The van der Waals surface area contributed by atoms with Crippen molar-refractivity contribution >= 4 is 17.8 Å². The minimum Gasteiger partial charge on any atom is -0.444 e. The fourth-order valence-corrected chi connectivity index (χ4v) is 5.18. The van der Waals surface area contributed by atoms with Crippen molar-refractivity contribution in [3.63, 3.8) is 0 Å². The summed E-state index contributed by atoms with van der Waals surface area (Å²) in [5.74, 6) is 0. The quantitative estimate of drug-likeness (QED) is 0.308. The molecule has 0 radical (unpaired) electrons. The maximum absolute atomic E-state index is 12.6. The lowest BCUT2D eigenvalue weighted by Gasteiger charge is -2.43. The number of carbonyl (C=O) groups is 1. The molecule has 1 aliphatic carbocycles. The van der Waals surface area contributed by atoms with Crippen molar-refractivity contribution in [3.05, 3.63) is 89.6 Å². The van der Waals surface area contributed by atoms with E-state index in [0.29, 0.717) is 0 Å². The van der Waals surface area contributed by atoms with Gasteiger partial charge in [0.25, 0.3) is 0 Å². The average Bonchev–Trinajstić information content (AvgIpc) is 3.23. The summed E-state index contributed by atoms with van der Waals surface area (Å²) in [6.07, 6.45) is 6.54. The Hall–Kier alpha value is -3.86. The Kier molecular flexibility index (Phi) is 6.18. The Bertz CT molecular complexity index is 1470. The number of fused-ring (bicyclic) bond motifs is 1. The summed E-state index contributed by atoms with van der Waals surface area (Å²) in [6.45, 7) is 13.9. The van der Waals surface area contributed by atoms with Crippen LogP contribution in [0.4, 0.5) is 4.79 Å². The molecule has 0 unspecified atom stereocenters. The van der Waals surface area contributed by atoms with Crippen molar-refractivity contribution in [3.8, 4) is 22.5 Å². The lowest BCUT2D eigenvalue weighted by molar-refractivity contribution is 0.0377. The van der Waals surface area contributed by atoms with Gasteiger partial charge in [-0.05, 0) is 76.1 Å². The molecule has 0 spiro atoms. The molecule has 2 aromatic heterocycles. The Morgan fingerprint density at radius 2 is 1.70 bits per heavy atom. The van der Waals surface area contributed by atoms with Crippen LogP contribution in [0.25, 0.3) is 34.2 Å². The summed E-state index contributed by atoms with van der Waals surface area (Å²) in [7, 11) is 0. The number of amides is 1. The van der Waals surface area contributed by atoms with E-state index in [-0.39, 0.29) is 11.6 Å². The summed E-state index contributed by atoms with van der Waals surface area (Å²) >= 11 is 0. The fourth-order valence-electron chi connectivity index (χ4n) is 5.18. The zero-order chi connectivity index (χ0) is 26.4. The Morgan fingerprint density at radius 3 is 2.27 bits per heavy atom. The van der Waals surface area contributed by atoms with Crippen LogP contribution in [0.1, 0.15) is 62.3 Å². The van der Waals surface area contributed by atoms with Crippen molar-refractivity contribution in [2.45, 2.75) is 65.0 Å². The van der Waals surface area contributed by atoms with Crippen molar-refractivity contribution < 1.29 is 9.53 Å². The Morgan fingerprint density at radius 1 is 1.03 bits per heavy atom. The molecule has 2 heterocycles. The maximum atomic E-state index is 12.6. The molecule has 2 aromatic carbocycles. The minimum atomic E-state index is -0.530. The molecule has 190 valence electrons. The molecular formula is C32H35N3O2. The first-order valence-corrected chi connectivity index (χ1v) is 12.9. The number of imidazole rings is 1. The predicted molar refractivity (Wildman–Crippen MR) is 151 cm³/mol. The predicted octanol–water partition coefficient (Wildman–Crippen LogP) is 7.83. The molecule has 1 N–H and O–H groups in total. The van der Waals surface area contributed by atoms with Gasteiger partial charge in [-0.15, -0.1) is 0 Å². The second kappa shape index (κ2) is 9.22. The number of nitrogens with zero attached hydrogens (tertiary/aromatic N) is 2. The van der Waals surface area contributed by atoms with E-state index >= 15 is 0 Å². The number of hydrogen-bond acceptors (Lipinski definition) is 3. The van der Waals surface area contributed by atoms with Crippen LogP contribution in [0, 0.1) is 13.8 Å². The first-order valence-electron chi connectivity index (χ1n) is 12.9. The second-order valence-corrected chi connectivity index (χ2v) is 11.0. The highest BCUT2D eigenvalue weighted by atomic mass is 16.6. The maximum Gasteiger partial charge on any atom is 0.408 e. The number of pyridine rings is 1. The lowest BCUT2D eigenvalue weighted by atomic mass is 9.71. The van der Waals surface area contributed by atoms with Crippen LogP contribution in [0.15, 0.2) is 67.4 Å². The number of nitrogens with one attached hydrogen (secondary N) is 1. The second-order valence-electron chi connectivity index (χ2n) is 11.0. The number of aromatic nitrogens is 2. The van der Waals surface area contributed by atoms with Crippen LogP contribution in [0.3, 0.4) is 0 Å². The Labute approximate surface area is 219 Å². The smallest absolute Gasteiger partial charge is 0.408 e. The van der Waals surface area contributed by atoms with Crippen molar-refractivity contribution in [2.24, 2.45) is 0 Å². The molecule has 0 saturated heterocycles. The van der Waals surface area contributed by atoms with Gasteiger partial charge in [0.15, 0.2) is 0 Å². The van der Waals surface area contributed by atoms with Gasteiger partial charge in [0, 0.05) is 17.3 Å². The van der Waals surface area contributed by atoms with Gasteiger partial charge in [-0.25, -0.2) is 9.78 Å². The van der Waals surface area contributed by atoms with Crippen molar-refractivity contribution in [1.29, 1.82) is 0 Å². The van der Waals surface area contributed by atoms with Crippen LogP contribution in [-0.4, -0.2) is 21.1 Å². The van der Waals surface area contributed by atoms with E-state index in [2.05, 4.69) is 84.9 Å². The third-order valence-corrected chi connectivity index (χ3v) is 7.44.